The van der Waals surface area contributed by atoms with Crippen LogP contribution in [0.15, 0.2) is 48.5 Å². The Morgan fingerprint density at radius 3 is 2.54 bits per heavy atom. The van der Waals surface area contributed by atoms with Crippen molar-refractivity contribution < 1.29 is 14.3 Å². The molecule has 2 aromatic rings. The monoisotopic (exact) mass is 352 g/mol. The fourth-order valence-electron chi connectivity index (χ4n) is 3.11. The van der Waals surface area contributed by atoms with Gasteiger partial charge in [0.05, 0.1) is 18.8 Å². The Bertz CT molecular complexity index is 830. The van der Waals surface area contributed by atoms with Gasteiger partial charge in [0.15, 0.2) is 0 Å². The van der Waals surface area contributed by atoms with Gasteiger partial charge in [-0.25, -0.2) is 0 Å². The molecule has 2 amide bonds. The first-order valence-electron chi connectivity index (χ1n) is 8.75. The molecule has 2 aromatic carbocycles. The molecule has 0 bridgehead atoms. The molecular weight excluding hydrogens is 328 g/mol. The van der Waals surface area contributed by atoms with E-state index < -0.39 is 0 Å². The smallest absolute Gasteiger partial charge is 0.255 e. The second-order valence-electron chi connectivity index (χ2n) is 7.23. The van der Waals surface area contributed by atoms with Gasteiger partial charge in [-0.05, 0) is 51.1 Å². The molecule has 0 radical (unpaired) electrons. The minimum atomic E-state index is -0.351. The Hall–Kier alpha value is -2.66. The summed E-state index contributed by atoms with van der Waals surface area (Å²) in [6.07, 6.45) is 0. The van der Waals surface area contributed by atoms with Crippen molar-refractivity contribution in [1.29, 1.82) is 0 Å². The summed E-state index contributed by atoms with van der Waals surface area (Å²) in [5.41, 5.74) is 2.43. The van der Waals surface area contributed by atoms with Crippen LogP contribution >= 0.6 is 0 Å². The highest BCUT2D eigenvalue weighted by Gasteiger charge is 2.34. The quantitative estimate of drug-likeness (QED) is 0.920. The van der Waals surface area contributed by atoms with Gasteiger partial charge in [-0.15, -0.1) is 0 Å². The minimum Gasteiger partial charge on any atom is -0.377 e. The van der Waals surface area contributed by atoms with Gasteiger partial charge in [0, 0.05) is 23.4 Å². The van der Waals surface area contributed by atoms with Crippen molar-refractivity contribution in [2.75, 3.05) is 25.1 Å². The predicted octanol–water partition coefficient (Wildman–Crippen LogP) is 3.50. The van der Waals surface area contributed by atoms with Gasteiger partial charge in [0.25, 0.3) is 11.8 Å². The van der Waals surface area contributed by atoms with Crippen LogP contribution in [-0.4, -0.2) is 42.0 Å². The van der Waals surface area contributed by atoms with E-state index in [1.807, 2.05) is 43.9 Å². The van der Waals surface area contributed by atoms with Gasteiger partial charge < -0.3 is 15.0 Å². The fraction of sp³-hybridized carbons (Fsp3) is 0.333. The largest absolute Gasteiger partial charge is 0.377 e. The summed E-state index contributed by atoms with van der Waals surface area (Å²) in [5.74, 6) is -0.241. The lowest BCUT2D eigenvalue weighted by atomic mass is 10.0. The van der Waals surface area contributed by atoms with Gasteiger partial charge in [0.2, 0.25) is 0 Å². The number of rotatable bonds is 3. The Labute approximate surface area is 154 Å². The van der Waals surface area contributed by atoms with Crippen LogP contribution < -0.4 is 5.32 Å². The second-order valence-corrected chi connectivity index (χ2v) is 7.23. The Morgan fingerprint density at radius 1 is 1.08 bits per heavy atom. The Morgan fingerprint density at radius 2 is 1.81 bits per heavy atom. The first kappa shape index (κ1) is 18.1. The number of nitrogens with zero attached hydrogens (tertiary/aromatic N) is 1. The van der Waals surface area contributed by atoms with Crippen LogP contribution in [0.2, 0.25) is 0 Å². The summed E-state index contributed by atoms with van der Waals surface area (Å²) in [6, 6.07) is 14.5. The second kappa shape index (κ2) is 7.30. The van der Waals surface area contributed by atoms with Crippen molar-refractivity contribution in [3.05, 3.63) is 65.2 Å². The molecular formula is C21H24N2O3. The highest BCUT2D eigenvalue weighted by molar-refractivity contribution is 6.05. The van der Waals surface area contributed by atoms with E-state index in [1.54, 1.807) is 30.3 Å². The molecule has 0 aliphatic carbocycles. The van der Waals surface area contributed by atoms with Crippen molar-refractivity contribution in [3.63, 3.8) is 0 Å². The van der Waals surface area contributed by atoms with Gasteiger partial charge in [-0.1, -0.05) is 23.8 Å². The number of carbonyl (C=O) groups is 2. The highest BCUT2D eigenvalue weighted by atomic mass is 16.5. The molecule has 0 atom stereocenters. The summed E-state index contributed by atoms with van der Waals surface area (Å²) in [6.45, 7) is 7.55. The third-order valence-corrected chi connectivity index (χ3v) is 4.54. The number of amides is 2. The molecule has 0 saturated carbocycles. The molecule has 0 unspecified atom stereocenters. The molecule has 3 rings (SSSR count). The molecule has 1 saturated heterocycles. The lowest BCUT2D eigenvalue weighted by Gasteiger charge is -2.42. The summed E-state index contributed by atoms with van der Waals surface area (Å²) in [5, 5.41) is 2.87. The molecule has 0 spiro atoms. The van der Waals surface area contributed by atoms with E-state index in [1.165, 1.54) is 0 Å². The summed E-state index contributed by atoms with van der Waals surface area (Å²) in [4.78, 5) is 27.2. The molecule has 1 aliphatic rings. The zero-order valence-electron chi connectivity index (χ0n) is 15.4. The van der Waals surface area contributed by atoms with Crippen LogP contribution in [0.25, 0.3) is 0 Å². The molecule has 0 aromatic heterocycles. The normalized spacial score (nSPS) is 16.2. The Kier molecular flexibility index (Phi) is 5.09. The van der Waals surface area contributed by atoms with Crippen LogP contribution in [0.4, 0.5) is 5.69 Å². The summed E-state index contributed by atoms with van der Waals surface area (Å²) < 4.78 is 5.49. The number of anilines is 1. The standard InChI is InChI=1S/C21H24N2O3/c1-15-6-4-7-16(12-15)19(24)22-18-9-5-8-17(13-18)20(25)23-10-11-26-14-21(23,2)3/h4-9,12-13H,10-11,14H2,1-3H3,(H,22,24). The number of hydrogen-bond donors (Lipinski definition) is 1. The molecule has 1 heterocycles. The van der Waals surface area contributed by atoms with E-state index in [4.69, 9.17) is 4.74 Å². The maximum atomic E-state index is 12.9. The topological polar surface area (TPSA) is 58.6 Å². The van der Waals surface area contributed by atoms with Crippen LogP contribution in [0.1, 0.15) is 40.1 Å². The average Bonchev–Trinajstić information content (AvgIpc) is 2.61. The molecule has 1 aliphatic heterocycles. The van der Waals surface area contributed by atoms with Gasteiger partial charge in [0.1, 0.15) is 0 Å². The molecule has 5 heteroatoms. The van der Waals surface area contributed by atoms with Crippen molar-refractivity contribution in [3.8, 4) is 0 Å². The summed E-state index contributed by atoms with van der Waals surface area (Å²) >= 11 is 0. The molecule has 5 nitrogen and oxygen atoms in total. The van der Waals surface area contributed by atoms with Crippen LogP contribution in [0, 0.1) is 6.92 Å². The minimum absolute atomic E-state index is 0.0510. The van der Waals surface area contributed by atoms with Crippen molar-refractivity contribution in [2.45, 2.75) is 26.3 Å². The van der Waals surface area contributed by atoms with Crippen LogP contribution in [0.5, 0.6) is 0 Å². The third kappa shape index (κ3) is 3.94. The zero-order valence-corrected chi connectivity index (χ0v) is 15.4. The number of ether oxygens (including phenoxy) is 1. The van der Waals surface area contributed by atoms with E-state index in [-0.39, 0.29) is 17.4 Å². The molecule has 1 fully saturated rings. The number of benzene rings is 2. The number of carbonyl (C=O) groups excluding carboxylic acids is 2. The van der Waals surface area contributed by atoms with Gasteiger partial charge >= 0.3 is 0 Å². The predicted molar refractivity (Wildman–Crippen MR) is 102 cm³/mol. The van der Waals surface area contributed by atoms with Gasteiger partial charge in [-0.3, -0.25) is 9.59 Å². The van der Waals surface area contributed by atoms with Gasteiger partial charge in [-0.2, -0.15) is 0 Å². The number of morpholine rings is 1. The number of nitrogens with one attached hydrogen (secondary N) is 1. The van der Waals surface area contributed by atoms with E-state index in [0.717, 1.165) is 5.56 Å². The Balaban J connectivity index is 1.78. The average molecular weight is 352 g/mol. The van der Waals surface area contributed by atoms with Crippen molar-refractivity contribution in [2.24, 2.45) is 0 Å². The number of aryl methyl sites for hydroxylation is 1. The van der Waals surface area contributed by atoms with Crippen molar-refractivity contribution >= 4 is 17.5 Å². The first-order valence-corrected chi connectivity index (χ1v) is 8.75. The van der Waals surface area contributed by atoms with E-state index >= 15 is 0 Å². The maximum absolute atomic E-state index is 12.9. The lowest BCUT2D eigenvalue weighted by Crippen LogP contribution is -2.55. The van der Waals surface area contributed by atoms with E-state index in [0.29, 0.717) is 36.6 Å². The number of hydrogen-bond acceptors (Lipinski definition) is 3. The first-order chi connectivity index (χ1) is 12.4. The van der Waals surface area contributed by atoms with Crippen LogP contribution in [0.3, 0.4) is 0 Å². The highest BCUT2D eigenvalue weighted by Crippen LogP contribution is 2.23. The third-order valence-electron chi connectivity index (χ3n) is 4.54. The van der Waals surface area contributed by atoms with Crippen LogP contribution in [-0.2, 0) is 4.74 Å². The molecule has 1 N–H and O–H groups in total. The van der Waals surface area contributed by atoms with E-state index in [2.05, 4.69) is 5.32 Å². The molecule has 26 heavy (non-hydrogen) atoms. The fourth-order valence-corrected chi connectivity index (χ4v) is 3.11. The summed E-state index contributed by atoms with van der Waals surface area (Å²) in [7, 11) is 0. The van der Waals surface area contributed by atoms with E-state index in [9.17, 15) is 9.59 Å². The lowest BCUT2D eigenvalue weighted by molar-refractivity contribution is -0.0370. The maximum Gasteiger partial charge on any atom is 0.255 e. The molecule has 136 valence electrons. The zero-order chi connectivity index (χ0) is 18.7. The SMILES string of the molecule is Cc1cccc(C(=O)Nc2cccc(C(=O)N3CCOCC3(C)C)c2)c1. The van der Waals surface area contributed by atoms with Crippen molar-refractivity contribution in [1.82, 2.24) is 4.90 Å².